The first-order chi connectivity index (χ1) is 9.88. The number of piperidine rings is 1. The van der Waals surface area contributed by atoms with E-state index in [1.54, 1.807) is 0 Å². The van der Waals surface area contributed by atoms with Crippen LogP contribution in [0.25, 0.3) is 0 Å². The van der Waals surface area contributed by atoms with Gasteiger partial charge in [0, 0.05) is 25.3 Å². The Bertz CT molecular complexity index is 407. The van der Waals surface area contributed by atoms with Gasteiger partial charge in [0.15, 0.2) is 0 Å². The van der Waals surface area contributed by atoms with Gasteiger partial charge >= 0.3 is 0 Å². The molecule has 0 spiro atoms. The Hall–Kier alpha value is -1.09. The Balaban J connectivity index is 1.71. The summed E-state index contributed by atoms with van der Waals surface area (Å²) in [5, 5.41) is 0. The molecule has 2 fully saturated rings. The molecule has 0 aromatic carbocycles. The third kappa shape index (κ3) is 2.98. The molecule has 1 aromatic heterocycles. The van der Waals surface area contributed by atoms with Gasteiger partial charge in [0.05, 0.1) is 0 Å². The molecule has 0 amide bonds. The highest BCUT2D eigenvalue weighted by Crippen LogP contribution is 2.31. The van der Waals surface area contributed by atoms with Crippen LogP contribution in [0.3, 0.4) is 0 Å². The highest BCUT2D eigenvalue weighted by atomic mass is 15.2. The minimum absolute atomic E-state index is 0.601. The summed E-state index contributed by atoms with van der Waals surface area (Å²) in [6, 6.07) is 5.16. The van der Waals surface area contributed by atoms with Crippen molar-refractivity contribution in [1.82, 2.24) is 9.88 Å². The zero-order chi connectivity index (χ0) is 13.8. The van der Waals surface area contributed by atoms with Crippen LogP contribution >= 0.6 is 0 Å². The molecule has 20 heavy (non-hydrogen) atoms. The maximum absolute atomic E-state index is 4.73. The van der Waals surface area contributed by atoms with Crippen LogP contribution in [0.1, 0.15) is 57.1 Å². The van der Waals surface area contributed by atoms with Gasteiger partial charge < -0.3 is 4.90 Å². The quantitative estimate of drug-likeness (QED) is 0.835. The minimum Gasteiger partial charge on any atom is -0.357 e. The Morgan fingerprint density at radius 1 is 1.10 bits per heavy atom. The van der Waals surface area contributed by atoms with E-state index in [0.717, 1.165) is 0 Å². The third-order valence-electron chi connectivity index (χ3n) is 4.71. The van der Waals surface area contributed by atoms with Crippen LogP contribution in [0, 0.1) is 0 Å². The maximum Gasteiger partial charge on any atom is 0.128 e. The SMILES string of the molecule is CCCN1CCCC[C@@H]1c1ccc(N2CCCC2)nc1. The fourth-order valence-electron chi connectivity index (χ4n) is 3.65. The smallest absolute Gasteiger partial charge is 0.128 e. The molecule has 0 N–H and O–H groups in total. The van der Waals surface area contributed by atoms with Gasteiger partial charge in [-0.2, -0.15) is 0 Å². The molecule has 0 bridgehead atoms. The van der Waals surface area contributed by atoms with Crippen LogP contribution in [-0.4, -0.2) is 36.1 Å². The van der Waals surface area contributed by atoms with Gasteiger partial charge in [0.25, 0.3) is 0 Å². The number of rotatable bonds is 4. The van der Waals surface area contributed by atoms with E-state index in [2.05, 4.69) is 35.1 Å². The van der Waals surface area contributed by atoms with Gasteiger partial charge in [-0.1, -0.05) is 19.4 Å². The standard InChI is InChI=1S/C17H27N3/c1-2-10-19-11-4-3-7-16(19)15-8-9-17(18-14-15)20-12-5-6-13-20/h8-9,14,16H,2-7,10-13H2,1H3/t16-/m1/s1. The lowest BCUT2D eigenvalue weighted by atomic mass is 9.96. The first-order valence-corrected chi connectivity index (χ1v) is 8.33. The van der Waals surface area contributed by atoms with E-state index in [0.29, 0.717) is 6.04 Å². The molecule has 3 rings (SSSR count). The molecule has 0 unspecified atom stereocenters. The lowest BCUT2D eigenvalue weighted by Crippen LogP contribution is -2.34. The van der Waals surface area contributed by atoms with Gasteiger partial charge in [-0.25, -0.2) is 4.98 Å². The molecule has 2 aliphatic rings. The summed E-state index contributed by atoms with van der Waals surface area (Å²) in [6.07, 6.45) is 10.0. The second kappa shape index (κ2) is 6.57. The molecular formula is C17H27N3. The summed E-state index contributed by atoms with van der Waals surface area (Å²) in [7, 11) is 0. The summed E-state index contributed by atoms with van der Waals surface area (Å²) >= 11 is 0. The molecule has 3 heteroatoms. The number of nitrogens with zero attached hydrogens (tertiary/aromatic N) is 3. The van der Waals surface area contributed by atoms with Crippen LogP contribution in [0.2, 0.25) is 0 Å². The van der Waals surface area contributed by atoms with Crippen molar-refractivity contribution in [1.29, 1.82) is 0 Å². The Kier molecular flexibility index (Phi) is 4.56. The van der Waals surface area contributed by atoms with Crippen LogP contribution in [-0.2, 0) is 0 Å². The van der Waals surface area contributed by atoms with E-state index in [9.17, 15) is 0 Å². The largest absolute Gasteiger partial charge is 0.357 e. The van der Waals surface area contributed by atoms with Gasteiger partial charge in [0.2, 0.25) is 0 Å². The van der Waals surface area contributed by atoms with Crippen LogP contribution < -0.4 is 4.90 Å². The highest BCUT2D eigenvalue weighted by molar-refractivity contribution is 5.40. The van der Waals surface area contributed by atoms with Gasteiger partial charge in [-0.05, 0) is 56.8 Å². The average molecular weight is 273 g/mol. The van der Waals surface area contributed by atoms with E-state index in [1.807, 2.05) is 0 Å². The van der Waals surface area contributed by atoms with Crippen molar-refractivity contribution < 1.29 is 0 Å². The second-order valence-corrected chi connectivity index (χ2v) is 6.19. The van der Waals surface area contributed by atoms with Gasteiger partial charge in [-0.15, -0.1) is 0 Å². The minimum atomic E-state index is 0.601. The first-order valence-electron chi connectivity index (χ1n) is 8.33. The molecular weight excluding hydrogens is 246 g/mol. The Morgan fingerprint density at radius 3 is 2.60 bits per heavy atom. The van der Waals surface area contributed by atoms with E-state index >= 15 is 0 Å². The Morgan fingerprint density at radius 2 is 1.90 bits per heavy atom. The molecule has 110 valence electrons. The molecule has 2 saturated heterocycles. The van der Waals surface area contributed by atoms with Crippen molar-refractivity contribution >= 4 is 5.82 Å². The summed E-state index contributed by atoms with van der Waals surface area (Å²) < 4.78 is 0. The molecule has 0 aliphatic carbocycles. The number of pyridine rings is 1. The summed E-state index contributed by atoms with van der Waals surface area (Å²) in [5.74, 6) is 1.17. The second-order valence-electron chi connectivity index (χ2n) is 6.19. The van der Waals surface area contributed by atoms with Crippen molar-refractivity contribution in [3.05, 3.63) is 23.9 Å². The number of aromatic nitrogens is 1. The zero-order valence-corrected chi connectivity index (χ0v) is 12.7. The maximum atomic E-state index is 4.73. The molecule has 3 nitrogen and oxygen atoms in total. The first kappa shape index (κ1) is 13.9. The monoisotopic (exact) mass is 273 g/mol. The summed E-state index contributed by atoms with van der Waals surface area (Å²) in [4.78, 5) is 9.79. The van der Waals surface area contributed by atoms with Crippen molar-refractivity contribution in [2.24, 2.45) is 0 Å². The lowest BCUT2D eigenvalue weighted by molar-refractivity contribution is 0.149. The third-order valence-corrected chi connectivity index (χ3v) is 4.71. The number of likely N-dealkylation sites (tertiary alicyclic amines) is 1. The summed E-state index contributed by atoms with van der Waals surface area (Å²) in [5.41, 5.74) is 1.42. The van der Waals surface area contributed by atoms with Crippen LogP contribution in [0.4, 0.5) is 5.82 Å². The van der Waals surface area contributed by atoms with Crippen LogP contribution in [0.15, 0.2) is 18.3 Å². The number of anilines is 1. The van der Waals surface area contributed by atoms with E-state index < -0.39 is 0 Å². The molecule has 1 aromatic rings. The van der Waals surface area contributed by atoms with E-state index in [-0.39, 0.29) is 0 Å². The predicted molar refractivity (Wildman–Crippen MR) is 84.1 cm³/mol. The normalized spacial score (nSPS) is 24.2. The van der Waals surface area contributed by atoms with Crippen molar-refractivity contribution in [3.63, 3.8) is 0 Å². The average Bonchev–Trinajstić information content (AvgIpc) is 3.03. The molecule has 0 saturated carbocycles. The molecule has 0 radical (unpaired) electrons. The van der Waals surface area contributed by atoms with Crippen LogP contribution in [0.5, 0.6) is 0 Å². The zero-order valence-electron chi connectivity index (χ0n) is 12.7. The fourth-order valence-corrected chi connectivity index (χ4v) is 3.65. The number of hydrogen-bond acceptors (Lipinski definition) is 3. The molecule has 3 heterocycles. The predicted octanol–water partition coefficient (Wildman–Crippen LogP) is 3.62. The van der Waals surface area contributed by atoms with Crippen molar-refractivity contribution in [3.8, 4) is 0 Å². The van der Waals surface area contributed by atoms with Crippen molar-refractivity contribution in [2.75, 3.05) is 31.1 Å². The van der Waals surface area contributed by atoms with E-state index in [1.165, 1.54) is 76.1 Å². The van der Waals surface area contributed by atoms with Gasteiger partial charge in [0.1, 0.15) is 5.82 Å². The molecule has 2 aliphatic heterocycles. The summed E-state index contributed by atoms with van der Waals surface area (Å²) in [6.45, 7) is 7.11. The van der Waals surface area contributed by atoms with Crippen molar-refractivity contribution in [2.45, 2.75) is 51.5 Å². The molecule has 1 atom stereocenters. The van der Waals surface area contributed by atoms with E-state index in [4.69, 9.17) is 4.98 Å². The lowest BCUT2D eigenvalue weighted by Gasteiger charge is -2.35. The Labute approximate surface area is 123 Å². The fraction of sp³-hybridized carbons (Fsp3) is 0.706. The van der Waals surface area contributed by atoms with Gasteiger partial charge in [-0.3, -0.25) is 4.90 Å². The number of hydrogen-bond donors (Lipinski definition) is 0. The topological polar surface area (TPSA) is 19.4 Å². The highest BCUT2D eigenvalue weighted by Gasteiger charge is 2.23.